The number of allylic oxidation sites excluding steroid dienone is 2. The van der Waals surface area contributed by atoms with Gasteiger partial charge in [0.05, 0.1) is 0 Å². The standard InChI is InChI=1S/C6H7FIN/c1-6(7)4-5(8)2-3-9-6/h2-4,9H,1H3. The van der Waals surface area contributed by atoms with E-state index in [-0.39, 0.29) is 0 Å². The van der Waals surface area contributed by atoms with Crippen molar-refractivity contribution in [2.45, 2.75) is 12.7 Å². The van der Waals surface area contributed by atoms with Crippen molar-refractivity contribution in [2.24, 2.45) is 0 Å². The lowest BCUT2D eigenvalue weighted by Gasteiger charge is -2.19. The molecular formula is C6H7FIN. The summed E-state index contributed by atoms with van der Waals surface area (Å²) in [7, 11) is 0. The minimum Gasteiger partial charge on any atom is -0.357 e. The molecule has 0 saturated heterocycles. The van der Waals surface area contributed by atoms with Crippen molar-refractivity contribution < 1.29 is 4.39 Å². The molecule has 0 fully saturated rings. The lowest BCUT2D eigenvalue weighted by molar-refractivity contribution is 0.224. The Hall–Kier alpha value is -0.0600. The molecule has 1 rings (SSSR count). The lowest BCUT2D eigenvalue weighted by atomic mass is 10.2. The topological polar surface area (TPSA) is 12.0 Å². The highest BCUT2D eigenvalue weighted by molar-refractivity contribution is 14.1. The molecule has 1 heterocycles. The average molecular weight is 239 g/mol. The van der Waals surface area contributed by atoms with Crippen LogP contribution in [0.1, 0.15) is 6.92 Å². The van der Waals surface area contributed by atoms with Gasteiger partial charge in [0.1, 0.15) is 0 Å². The molecule has 1 unspecified atom stereocenters. The van der Waals surface area contributed by atoms with Crippen LogP contribution >= 0.6 is 22.6 Å². The minimum atomic E-state index is -1.36. The van der Waals surface area contributed by atoms with Crippen LogP contribution in [0.15, 0.2) is 21.9 Å². The third kappa shape index (κ3) is 1.97. The van der Waals surface area contributed by atoms with Gasteiger partial charge in [-0.25, -0.2) is 4.39 Å². The molecule has 3 heteroatoms. The number of alkyl halides is 1. The molecule has 0 spiro atoms. The summed E-state index contributed by atoms with van der Waals surface area (Å²) < 4.78 is 13.8. The Kier molecular flexibility index (Phi) is 1.79. The molecule has 1 N–H and O–H groups in total. The minimum absolute atomic E-state index is 0.927. The monoisotopic (exact) mass is 239 g/mol. The van der Waals surface area contributed by atoms with E-state index >= 15 is 0 Å². The number of rotatable bonds is 0. The zero-order valence-corrected chi connectivity index (χ0v) is 7.15. The molecule has 50 valence electrons. The maximum atomic E-state index is 12.9. The quantitative estimate of drug-likeness (QED) is 0.504. The third-order valence-corrected chi connectivity index (χ3v) is 1.69. The first-order valence-electron chi connectivity index (χ1n) is 2.62. The second kappa shape index (κ2) is 2.28. The number of dihydropyridines is 1. The predicted molar refractivity (Wildman–Crippen MR) is 43.9 cm³/mol. The van der Waals surface area contributed by atoms with Crippen molar-refractivity contribution in [3.63, 3.8) is 0 Å². The van der Waals surface area contributed by atoms with Gasteiger partial charge in [-0.15, -0.1) is 0 Å². The van der Waals surface area contributed by atoms with Crippen LogP contribution in [0.2, 0.25) is 0 Å². The van der Waals surface area contributed by atoms with E-state index in [4.69, 9.17) is 0 Å². The maximum absolute atomic E-state index is 12.9. The summed E-state index contributed by atoms with van der Waals surface area (Å²) in [5.41, 5.74) is 0. The van der Waals surface area contributed by atoms with E-state index in [2.05, 4.69) is 27.9 Å². The van der Waals surface area contributed by atoms with Gasteiger partial charge < -0.3 is 5.32 Å². The average Bonchev–Trinajstić information content (AvgIpc) is 1.60. The Morgan fingerprint density at radius 1 is 1.78 bits per heavy atom. The van der Waals surface area contributed by atoms with Crippen LogP contribution in [0.25, 0.3) is 0 Å². The lowest BCUT2D eigenvalue weighted by Crippen LogP contribution is -2.33. The Labute approximate surface area is 67.2 Å². The van der Waals surface area contributed by atoms with Gasteiger partial charge in [-0.05, 0) is 41.7 Å². The van der Waals surface area contributed by atoms with Gasteiger partial charge in [0.2, 0.25) is 0 Å². The smallest absolute Gasteiger partial charge is 0.197 e. The third-order valence-electron chi connectivity index (χ3n) is 1.02. The van der Waals surface area contributed by atoms with E-state index in [1.807, 2.05) is 6.08 Å². The highest BCUT2D eigenvalue weighted by Crippen LogP contribution is 2.19. The molecule has 0 amide bonds. The van der Waals surface area contributed by atoms with Crippen LogP contribution in [-0.4, -0.2) is 5.79 Å². The van der Waals surface area contributed by atoms with Crippen molar-refractivity contribution in [3.05, 3.63) is 21.9 Å². The van der Waals surface area contributed by atoms with E-state index in [0.717, 1.165) is 3.58 Å². The van der Waals surface area contributed by atoms with Crippen molar-refractivity contribution in [3.8, 4) is 0 Å². The van der Waals surface area contributed by atoms with Crippen LogP contribution in [-0.2, 0) is 0 Å². The van der Waals surface area contributed by atoms with Gasteiger partial charge >= 0.3 is 0 Å². The van der Waals surface area contributed by atoms with E-state index in [1.165, 1.54) is 13.0 Å². The number of nitrogens with one attached hydrogen (secondary N) is 1. The Bertz CT molecular complexity index is 172. The van der Waals surface area contributed by atoms with Crippen LogP contribution in [0, 0.1) is 0 Å². The van der Waals surface area contributed by atoms with Crippen LogP contribution in [0.4, 0.5) is 4.39 Å². The molecule has 1 atom stereocenters. The van der Waals surface area contributed by atoms with Gasteiger partial charge in [0.25, 0.3) is 0 Å². The van der Waals surface area contributed by atoms with Gasteiger partial charge in [-0.3, -0.25) is 0 Å². The van der Waals surface area contributed by atoms with Crippen LogP contribution in [0.5, 0.6) is 0 Å². The summed E-state index contributed by atoms with van der Waals surface area (Å²) in [6, 6.07) is 0. The van der Waals surface area contributed by atoms with Gasteiger partial charge in [0, 0.05) is 9.78 Å². The second-order valence-corrected chi connectivity index (χ2v) is 3.33. The van der Waals surface area contributed by atoms with Gasteiger partial charge in [-0.1, -0.05) is 0 Å². The molecule has 0 aromatic heterocycles. The summed E-state index contributed by atoms with van der Waals surface area (Å²) in [6.07, 6.45) is 4.97. The van der Waals surface area contributed by atoms with Crippen molar-refractivity contribution in [1.29, 1.82) is 0 Å². The molecule has 0 bridgehead atoms. The van der Waals surface area contributed by atoms with E-state index in [9.17, 15) is 4.39 Å². The fourth-order valence-electron chi connectivity index (χ4n) is 0.633. The van der Waals surface area contributed by atoms with Gasteiger partial charge in [0.15, 0.2) is 5.79 Å². The molecule has 0 aromatic carbocycles. The van der Waals surface area contributed by atoms with Crippen LogP contribution < -0.4 is 5.32 Å². The first-order valence-corrected chi connectivity index (χ1v) is 3.69. The maximum Gasteiger partial charge on any atom is 0.197 e. The number of hydrogen-bond acceptors (Lipinski definition) is 1. The summed E-state index contributed by atoms with van der Waals surface area (Å²) >= 11 is 2.08. The Balaban J connectivity index is 2.78. The highest BCUT2D eigenvalue weighted by atomic mass is 127. The van der Waals surface area contributed by atoms with Crippen molar-refractivity contribution in [2.75, 3.05) is 0 Å². The van der Waals surface area contributed by atoms with Crippen molar-refractivity contribution in [1.82, 2.24) is 5.32 Å². The Morgan fingerprint density at radius 2 is 2.44 bits per heavy atom. The molecule has 1 nitrogen and oxygen atoms in total. The molecule has 0 aliphatic carbocycles. The fourth-order valence-corrected chi connectivity index (χ4v) is 1.40. The Morgan fingerprint density at radius 3 is 2.78 bits per heavy atom. The summed E-state index contributed by atoms with van der Waals surface area (Å²) in [5, 5.41) is 2.56. The van der Waals surface area contributed by atoms with Gasteiger partial charge in [-0.2, -0.15) is 0 Å². The summed E-state index contributed by atoms with van der Waals surface area (Å²) in [5.74, 6) is -1.36. The number of hydrogen-bond donors (Lipinski definition) is 1. The zero-order chi connectivity index (χ0) is 6.91. The highest BCUT2D eigenvalue weighted by Gasteiger charge is 2.19. The van der Waals surface area contributed by atoms with E-state index in [0.29, 0.717) is 0 Å². The largest absolute Gasteiger partial charge is 0.357 e. The van der Waals surface area contributed by atoms with Crippen molar-refractivity contribution >= 4 is 22.6 Å². The van der Waals surface area contributed by atoms with E-state index < -0.39 is 5.79 Å². The molecule has 0 aromatic rings. The molecule has 0 saturated carbocycles. The molecule has 0 radical (unpaired) electrons. The molecule has 1 aliphatic heterocycles. The molecule has 1 aliphatic rings. The zero-order valence-electron chi connectivity index (χ0n) is 4.99. The SMILES string of the molecule is CC1(F)C=C(I)C=CN1. The first kappa shape index (κ1) is 7.05. The first-order chi connectivity index (χ1) is 4.10. The molecular weight excluding hydrogens is 232 g/mol. The summed E-state index contributed by atoms with van der Waals surface area (Å²) in [6.45, 7) is 1.48. The second-order valence-electron chi connectivity index (χ2n) is 2.08. The van der Waals surface area contributed by atoms with Crippen LogP contribution in [0.3, 0.4) is 0 Å². The van der Waals surface area contributed by atoms with E-state index in [1.54, 1.807) is 6.20 Å². The normalized spacial score (nSPS) is 33.4. The predicted octanol–water partition coefficient (Wildman–Crippen LogP) is 2.11. The fraction of sp³-hybridized carbons (Fsp3) is 0.333. The summed E-state index contributed by atoms with van der Waals surface area (Å²) in [4.78, 5) is 0. The number of halogens is 2. The molecule has 9 heavy (non-hydrogen) atoms.